The van der Waals surface area contributed by atoms with Crippen molar-refractivity contribution in [3.05, 3.63) is 30.1 Å². The minimum atomic E-state index is -0.313. The predicted octanol–water partition coefficient (Wildman–Crippen LogP) is -1.05. The van der Waals surface area contributed by atoms with Crippen LogP contribution in [0.25, 0.3) is 0 Å². The van der Waals surface area contributed by atoms with E-state index in [0.29, 0.717) is 18.8 Å². The van der Waals surface area contributed by atoms with E-state index in [2.05, 4.69) is 5.32 Å². The maximum absolute atomic E-state index is 12.9. The van der Waals surface area contributed by atoms with Crippen molar-refractivity contribution >= 4 is 17.5 Å². The molecule has 2 aliphatic rings. The molecule has 0 bridgehead atoms. The summed E-state index contributed by atoms with van der Waals surface area (Å²) in [4.78, 5) is 29.3. The molecule has 148 valence electrons. The molecule has 2 saturated heterocycles. The van der Waals surface area contributed by atoms with Gasteiger partial charge in [-0.15, -0.1) is 0 Å². The number of halogens is 1. The van der Waals surface area contributed by atoms with E-state index in [1.165, 1.54) is 34.8 Å². The highest BCUT2D eigenvalue weighted by molar-refractivity contribution is 5.91. The van der Waals surface area contributed by atoms with E-state index in [0.717, 1.165) is 52.1 Å². The smallest absolute Gasteiger partial charge is 0.279 e. The summed E-state index contributed by atoms with van der Waals surface area (Å²) in [6, 6.07) is 5.82. The Bertz CT molecular complexity index is 621. The number of hydrogen-bond donors (Lipinski definition) is 3. The molecule has 2 fully saturated rings. The zero-order chi connectivity index (χ0) is 19.1. The Morgan fingerprint density at radius 3 is 2.04 bits per heavy atom. The number of benzene rings is 1. The van der Waals surface area contributed by atoms with E-state index < -0.39 is 0 Å². The number of carbonyl (C=O) groups is 2. The lowest BCUT2D eigenvalue weighted by atomic mass is 10.2. The van der Waals surface area contributed by atoms with Crippen LogP contribution >= 0.6 is 0 Å². The molecule has 7 heteroatoms. The molecule has 1 aromatic carbocycles. The topological polar surface area (TPSA) is 58.3 Å². The van der Waals surface area contributed by atoms with E-state index >= 15 is 0 Å². The second-order valence-electron chi connectivity index (χ2n) is 7.70. The van der Waals surface area contributed by atoms with Crippen LogP contribution in [0, 0.1) is 5.82 Å². The number of nitrogens with one attached hydrogen (secondary N) is 3. The Morgan fingerprint density at radius 1 is 0.889 bits per heavy atom. The van der Waals surface area contributed by atoms with E-state index in [1.807, 2.05) is 4.90 Å². The van der Waals surface area contributed by atoms with Gasteiger partial charge in [-0.3, -0.25) is 9.59 Å². The molecule has 0 saturated carbocycles. The first kappa shape index (κ1) is 19.8. The molecule has 0 radical (unpaired) electrons. The quantitative estimate of drug-likeness (QED) is 0.613. The van der Waals surface area contributed by atoms with Gasteiger partial charge < -0.3 is 20.0 Å². The predicted molar refractivity (Wildman–Crippen MR) is 101 cm³/mol. The number of nitrogens with zero attached hydrogens (tertiary/aromatic N) is 1. The number of hydrogen-bond acceptors (Lipinski definition) is 2. The van der Waals surface area contributed by atoms with Crippen LogP contribution in [-0.4, -0.2) is 69.1 Å². The van der Waals surface area contributed by atoms with Crippen LogP contribution in [0.3, 0.4) is 0 Å². The monoisotopic (exact) mass is 378 g/mol. The van der Waals surface area contributed by atoms with Gasteiger partial charge in [0.2, 0.25) is 0 Å². The van der Waals surface area contributed by atoms with Gasteiger partial charge in [0.05, 0.1) is 0 Å². The lowest BCUT2D eigenvalue weighted by Gasteiger charge is -2.30. The van der Waals surface area contributed by atoms with Crippen molar-refractivity contribution in [2.75, 3.05) is 57.7 Å². The highest BCUT2D eigenvalue weighted by Gasteiger charge is 2.28. The molecule has 6 nitrogen and oxygen atoms in total. The summed E-state index contributed by atoms with van der Waals surface area (Å²) in [6.07, 6.45) is 4.72. The number of rotatable bonds is 5. The van der Waals surface area contributed by atoms with Crippen molar-refractivity contribution in [2.24, 2.45) is 0 Å². The first-order chi connectivity index (χ1) is 13.1. The van der Waals surface area contributed by atoms with E-state index in [-0.39, 0.29) is 17.6 Å². The summed E-state index contributed by atoms with van der Waals surface area (Å²) < 4.78 is 12.9. The average molecular weight is 378 g/mol. The van der Waals surface area contributed by atoms with Crippen LogP contribution in [0.5, 0.6) is 0 Å². The fourth-order valence-corrected chi connectivity index (χ4v) is 3.92. The van der Waals surface area contributed by atoms with Gasteiger partial charge >= 0.3 is 0 Å². The third kappa shape index (κ3) is 6.29. The lowest BCUT2D eigenvalue weighted by molar-refractivity contribution is -1.00. The van der Waals surface area contributed by atoms with Gasteiger partial charge in [0.1, 0.15) is 32.0 Å². The Kier molecular flexibility index (Phi) is 7.18. The van der Waals surface area contributed by atoms with Crippen LogP contribution in [0.1, 0.15) is 25.7 Å². The van der Waals surface area contributed by atoms with Gasteiger partial charge in [0.15, 0.2) is 13.1 Å². The van der Waals surface area contributed by atoms with Gasteiger partial charge in [-0.05, 0) is 37.1 Å². The summed E-state index contributed by atoms with van der Waals surface area (Å²) in [5.41, 5.74) is 0.619. The minimum Gasteiger partial charge on any atom is -0.338 e. The molecule has 2 heterocycles. The Balaban J connectivity index is 1.37. The molecular weight excluding hydrogens is 347 g/mol. The second kappa shape index (κ2) is 9.80. The van der Waals surface area contributed by atoms with E-state index in [4.69, 9.17) is 0 Å². The molecule has 0 aromatic heterocycles. The zero-order valence-electron chi connectivity index (χ0n) is 15.9. The molecular formula is C20H31FN4O2+2. The molecule has 3 N–H and O–H groups in total. The van der Waals surface area contributed by atoms with Crippen molar-refractivity contribution in [1.82, 2.24) is 4.90 Å². The fourth-order valence-electron chi connectivity index (χ4n) is 3.92. The van der Waals surface area contributed by atoms with Crippen LogP contribution < -0.4 is 15.1 Å². The van der Waals surface area contributed by atoms with Crippen LogP contribution in [0.2, 0.25) is 0 Å². The summed E-state index contributed by atoms with van der Waals surface area (Å²) in [5.74, 6) is -0.0856. The first-order valence-electron chi connectivity index (χ1n) is 10.1. The number of carbonyl (C=O) groups excluding carboxylic acids is 2. The SMILES string of the molecule is O=C(C[NH+]1CC[NH+](CC(=O)N2CCCCCC2)CC1)Nc1ccc(F)cc1. The summed E-state index contributed by atoms with van der Waals surface area (Å²) in [7, 11) is 0. The Hall–Kier alpha value is -1.99. The number of likely N-dealkylation sites (tertiary alicyclic amines) is 1. The molecule has 3 rings (SSSR count). The number of amides is 2. The van der Waals surface area contributed by atoms with Crippen LogP contribution in [-0.2, 0) is 9.59 Å². The van der Waals surface area contributed by atoms with E-state index in [9.17, 15) is 14.0 Å². The Labute approximate surface area is 160 Å². The lowest BCUT2D eigenvalue weighted by Crippen LogP contribution is -3.28. The highest BCUT2D eigenvalue weighted by Crippen LogP contribution is 2.09. The maximum atomic E-state index is 12.9. The number of quaternary nitrogens is 2. The van der Waals surface area contributed by atoms with Crippen molar-refractivity contribution < 1.29 is 23.8 Å². The Morgan fingerprint density at radius 2 is 1.44 bits per heavy atom. The van der Waals surface area contributed by atoms with Crippen molar-refractivity contribution in [2.45, 2.75) is 25.7 Å². The minimum absolute atomic E-state index is 0.0549. The van der Waals surface area contributed by atoms with Gasteiger partial charge in [-0.25, -0.2) is 4.39 Å². The van der Waals surface area contributed by atoms with Crippen LogP contribution in [0.4, 0.5) is 10.1 Å². The molecule has 0 unspecified atom stereocenters. The van der Waals surface area contributed by atoms with Gasteiger partial charge in [0, 0.05) is 18.8 Å². The molecule has 0 aliphatic carbocycles. The molecule has 27 heavy (non-hydrogen) atoms. The largest absolute Gasteiger partial charge is 0.338 e. The van der Waals surface area contributed by atoms with Gasteiger partial charge in [0.25, 0.3) is 11.8 Å². The third-order valence-corrected chi connectivity index (χ3v) is 5.56. The number of piperazine rings is 1. The van der Waals surface area contributed by atoms with Crippen molar-refractivity contribution in [3.63, 3.8) is 0 Å². The molecule has 2 aliphatic heterocycles. The average Bonchev–Trinajstić information content (AvgIpc) is 2.95. The van der Waals surface area contributed by atoms with Gasteiger partial charge in [-0.2, -0.15) is 0 Å². The fraction of sp³-hybridized carbons (Fsp3) is 0.600. The number of anilines is 1. The second-order valence-corrected chi connectivity index (χ2v) is 7.70. The summed E-state index contributed by atoms with van der Waals surface area (Å²) in [5, 5.41) is 2.81. The third-order valence-electron chi connectivity index (χ3n) is 5.56. The maximum Gasteiger partial charge on any atom is 0.279 e. The van der Waals surface area contributed by atoms with Crippen molar-refractivity contribution in [1.29, 1.82) is 0 Å². The van der Waals surface area contributed by atoms with Gasteiger partial charge in [-0.1, -0.05) is 12.8 Å². The van der Waals surface area contributed by atoms with E-state index in [1.54, 1.807) is 12.1 Å². The van der Waals surface area contributed by atoms with Crippen LogP contribution in [0.15, 0.2) is 24.3 Å². The first-order valence-corrected chi connectivity index (χ1v) is 10.1. The molecule has 0 atom stereocenters. The standard InChI is InChI=1S/C20H29FN4O2/c21-17-5-7-18(8-6-17)22-19(26)15-23-11-13-24(14-12-23)16-20(27)25-9-3-1-2-4-10-25/h5-8H,1-4,9-16H2,(H,22,26)/p+2. The summed E-state index contributed by atoms with van der Waals surface area (Å²) >= 11 is 0. The van der Waals surface area contributed by atoms with Crippen molar-refractivity contribution in [3.8, 4) is 0 Å². The molecule has 2 amide bonds. The highest BCUT2D eigenvalue weighted by atomic mass is 19.1. The molecule has 1 aromatic rings. The molecule has 0 spiro atoms. The normalized spacial score (nSPS) is 23.5. The zero-order valence-corrected chi connectivity index (χ0v) is 15.9. The summed E-state index contributed by atoms with van der Waals surface area (Å²) in [6.45, 7) is 6.41.